The van der Waals surface area contributed by atoms with Gasteiger partial charge in [0.2, 0.25) is 0 Å². The van der Waals surface area contributed by atoms with Crippen LogP contribution in [-0.2, 0) is 4.79 Å². The predicted octanol–water partition coefficient (Wildman–Crippen LogP) is 3.09. The Hall–Kier alpha value is -0.117. The van der Waals surface area contributed by atoms with Crippen molar-refractivity contribution in [2.75, 3.05) is 0 Å². The maximum absolute atomic E-state index is 13.6. The van der Waals surface area contributed by atoms with Crippen LogP contribution in [0.25, 0.3) is 0 Å². The van der Waals surface area contributed by atoms with Crippen molar-refractivity contribution in [2.24, 2.45) is 0 Å². The van der Waals surface area contributed by atoms with Crippen molar-refractivity contribution in [3.63, 3.8) is 0 Å². The number of carbonyl (C=O) groups excluding carboxylic acids is 1. The second-order valence-corrected chi connectivity index (χ2v) is 11.7. The quantitative estimate of drug-likeness (QED) is 0.538. The second-order valence-electron chi connectivity index (χ2n) is 3.60. The van der Waals surface area contributed by atoms with Gasteiger partial charge < -0.3 is 0 Å². The van der Waals surface area contributed by atoms with Crippen LogP contribution in [-0.4, -0.2) is 19.5 Å². The normalized spacial score (nSPS) is 15.1. The van der Waals surface area contributed by atoms with E-state index < -0.39 is 13.7 Å². The summed E-state index contributed by atoms with van der Waals surface area (Å²) >= 11 is -3.16. The van der Waals surface area contributed by atoms with Gasteiger partial charge in [0.05, 0.1) is 0 Å². The Labute approximate surface area is 76.9 Å². The monoisotopic (exact) mass is 234 g/mol. The molecule has 0 bridgehead atoms. The van der Waals surface area contributed by atoms with Crippen molar-refractivity contribution >= 4 is 19.5 Å². The molecule has 0 rings (SSSR count). The van der Waals surface area contributed by atoms with Crippen molar-refractivity contribution in [1.82, 2.24) is 0 Å². The van der Waals surface area contributed by atoms with Gasteiger partial charge >= 0.3 is 76.5 Å². The first-order chi connectivity index (χ1) is 5.38. The molecular weight excluding hydrogens is 216 g/mol. The van der Waals surface area contributed by atoms with E-state index >= 15 is 0 Å². The van der Waals surface area contributed by atoms with Crippen molar-refractivity contribution in [3.8, 4) is 0 Å². The van der Waals surface area contributed by atoms with E-state index in [0.29, 0.717) is 6.42 Å². The van der Waals surface area contributed by atoms with Crippen molar-refractivity contribution in [2.45, 2.75) is 36.5 Å². The molecule has 0 aliphatic carbocycles. The molecular formula is C9H17FGeO. The van der Waals surface area contributed by atoms with Gasteiger partial charge in [0, 0.05) is 0 Å². The van der Waals surface area contributed by atoms with Gasteiger partial charge in [0.25, 0.3) is 0 Å². The third-order valence-corrected chi connectivity index (χ3v) is 6.35. The van der Waals surface area contributed by atoms with E-state index in [-0.39, 0.29) is 10.5 Å². The van der Waals surface area contributed by atoms with E-state index in [0.717, 1.165) is 0 Å². The van der Waals surface area contributed by atoms with E-state index in [1.54, 1.807) is 11.5 Å². The van der Waals surface area contributed by atoms with Gasteiger partial charge in [0.15, 0.2) is 0 Å². The van der Waals surface area contributed by atoms with Crippen molar-refractivity contribution in [1.29, 1.82) is 0 Å². The molecule has 0 aromatic rings. The molecule has 0 amide bonds. The number of carbonyl (C=O) groups is 1. The molecule has 0 aliphatic rings. The molecule has 0 radical (unpaired) electrons. The number of ketones is 1. The molecule has 1 nitrogen and oxygen atoms in total. The Morgan fingerprint density at radius 1 is 1.58 bits per heavy atom. The molecule has 12 heavy (non-hydrogen) atoms. The molecule has 0 saturated carbocycles. The number of Topliss-reactive ketones (excluding diaryl/α,β-unsaturated/α-hetero) is 1. The SMILES string of the molecule is C/C=C/[CH](CC(C)=O)[Ge]([CH3])([CH3])[F]. The van der Waals surface area contributed by atoms with Crippen LogP contribution in [0.5, 0.6) is 0 Å². The van der Waals surface area contributed by atoms with Crippen LogP contribution in [0.2, 0.25) is 16.3 Å². The topological polar surface area (TPSA) is 17.1 Å². The van der Waals surface area contributed by atoms with Gasteiger partial charge in [-0.2, -0.15) is 0 Å². The maximum atomic E-state index is 13.6. The zero-order chi connectivity index (χ0) is 9.78. The standard InChI is InChI=1S/C9H17FGeO/c1-5-6-9(7-8(2)12)11(3,4)10/h5-6,9H,7H2,1-4H3/b6-5+. The molecule has 0 aliphatic heterocycles. The summed E-state index contributed by atoms with van der Waals surface area (Å²) in [6.45, 7) is 3.38. The number of hydrogen-bond acceptors (Lipinski definition) is 1. The van der Waals surface area contributed by atoms with E-state index in [9.17, 15) is 8.30 Å². The van der Waals surface area contributed by atoms with Crippen LogP contribution in [0.1, 0.15) is 20.3 Å². The van der Waals surface area contributed by atoms with E-state index in [1.807, 2.05) is 19.1 Å². The summed E-state index contributed by atoms with van der Waals surface area (Å²) in [6, 6.07) is 0. The third kappa shape index (κ3) is 4.70. The van der Waals surface area contributed by atoms with Gasteiger partial charge in [-0.15, -0.1) is 0 Å². The summed E-state index contributed by atoms with van der Waals surface area (Å²) in [5.74, 6) is 3.45. The Balaban J connectivity index is 4.34. The second kappa shape index (κ2) is 4.80. The minimum absolute atomic E-state index is 0.0782. The number of rotatable bonds is 4. The first-order valence-corrected chi connectivity index (χ1v) is 10.4. The van der Waals surface area contributed by atoms with Crippen molar-refractivity contribution in [3.05, 3.63) is 12.2 Å². The van der Waals surface area contributed by atoms with Gasteiger partial charge in [-0.1, -0.05) is 0 Å². The number of halogens is 1. The Bertz CT molecular complexity index is 181. The molecule has 0 fully saturated rings. The Morgan fingerprint density at radius 3 is 2.33 bits per heavy atom. The Kier molecular flexibility index (Phi) is 4.75. The van der Waals surface area contributed by atoms with Crippen LogP contribution in [0.4, 0.5) is 3.50 Å². The molecule has 3 heteroatoms. The fraction of sp³-hybridized carbons (Fsp3) is 0.667. The average Bonchev–Trinajstić information content (AvgIpc) is 1.83. The van der Waals surface area contributed by atoms with Crippen LogP contribution in [0.3, 0.4) is 0 Å². The first-order valence-electron chi connectivity index (χ1n) is 4.19. The fourth-order valence-corrected chi connectivity index (χ4v) is 4.07. The molecule has 1 unspecified atom stereocenters. The summed E-state index contributed by atoms with van der Waals surface area (Å²) in [6.07, 6.45) is 4.04. The summed E-state index contributed by atoms with van der Waals surface area (Å²) in [7, 11) is 0. The molecule has 0 aromatic heterocycles. The molecule has 0 heterocycles. The van der Waals surface area contributed by atoms with E-state index in [2.05, 4.69) is 0 Å². The number of allylic oxidation sites excluding steroid dienone is 2. The molecule has 1 atom stereocenters. The fourth-order valence-electron chi connectivity index (χ4n) is 1.08. The van der Waals surface area contributed by atoms with Crippen LogP contribution < -0.4 is 0 Å². The summed E-state index contributed by atoms with van der Waals surface area (Å²) in [5.41, 5.74) is 0. The van der Waals surface area contributed by atoms with E-state index in [4.69, 9.17) is 0 Å². The zero-order valence-corrected chi connectivity index (χ0v) is 10.3. The third-order valence-electron chi connectivity index (χ3n) is 1.81. The van der Waals surface area contributed by atoms with Gasteiger partial charge in [-0.25, -0.2) is 0 Å². The van der Waals surface area contributed by atoms with E-state index in [1.165, 1.54) is 6.92 Å². The summed E-state index contributed by atoms with van der Waals surface area (Å²) < 4.78 is 13.5. The average molecular weight is 233 g/mol. The zero-order valence-electron chi connectivity index (χ0n) is 8.23. The molecule has 0 saturated heterocycles. The van der Waals surface area contributed by atoms with Gasteiger partial charge in [-0.05, 0) is 0 Å². The first kappa shape index (κ1) is 11.9. The van der Waals surface area contributed by atoms with Crippen LogP contribution in [0.15, 0.2) is 12.2 Å². The van der Waals surface area contributed by atoms with Crippen molar-refractivity contribution < 1.29 is 8.30 Å². The van der Waals surface area contributed by atoms with Crippen LogP contribution in [0, 0.1) is 0 Å². The molecule has 0 spiro atoms. The molecule has 70 valence electrons. The minimum atomic E-state index is -3.16. The predicted molar refractivity (Wildman–Crippen MR) is 52.5 cm³/mol. The van der Waals surface area contributed by atoms with Gasteiger partial charge in [0.1, 0.15) is 0 Å². The van der Waals surface area contributed by atoms with Gasteiger partial charge in [-0.3, -0.25) is 0 Å². The molecule has 0 N–H and O–H groups in total. The summed E-state index contributed by atoms with van der Waals surface area (Å²) in [4.78, 5) is 10.8. The Morgan fingerprint density at radius 2 is 2.08 bits per heavy atom. The van der Waals surface area contributed by atoms with Crippen LogP contribution >= 0.6 is 0 Å². The number of hydrogen-bond donors (Lipinski definition) is 0. The summed E-state index contributed by atoms with van der Waals surface area (Å²) in [5, 5.41) is 0. The molecule has 0 aromatic carbocycles.